The molecular weight excluding hydrogens is 478 g/mol. The predicted octanol–water partition coefficient (Wildman–Crippen LogP) is 8.55. The van der Waals surface area contributed by atoms with Gasteiger partial charge in [-0.1, -0.05) is 99.9 Å². The third-order valence-corrected chi connectivity index (χ3v) is 8.90. The van der Waals surface area contributed by atoms with Crippen molar-refractivity contribution in [3.63, 3.8) is 0 Å². The molecule has 1 heterocycles. The van der Waals surface area contributed by atoms with Gasteiger partial charge in [0.1, 0.15) is 5.75 Å². The number of para-hydroxylation sites is 1. The van der Waals surface area contributed by atoms with Crippen LogP contribution in [0, 0.1) is 6.92 Å². The molecule has 0 saturated carbocycles. The maximum Gasteiger partial charge on any atom is 0.268 e. The Morgan fingerprint density at radius 1 is 0.757 bits per heavy atom. The number of unbranched alkanes of at least 4 members (excludes halogenated alkanes) is 7. The molecule has 0 atom stereocenters. The number of rotatable bonds is 13. The van der Waals surface area contributed by atoms with Gasteiger partial charge in [-0.2, -0.15) is 0 Å². The number of hydrogen-bond donors (Lipinski definition) is 0. The molecule has 0 bridgehead atoms. The average Bonchev–Trinajstić information content (AvgIpc) is 3.30. The number of hydrogen-bond acceptors (Lipinski definition) is 3. The van der Waals surface area contributed by atoms with E-state index in [0.29, 0.717) is 10.4 Å². The highest BCUT2D eigenvalue weighted by molar-refractivity contribution is 7.90. The van der Waals surface area contributed by atoms with Crippen LogP contribution in [0.4, 0.5) is 0 Å². The van der Waals surface area contributed by atoms with Gasteiger partial charge in [-0.25, -0.2) is 12.4 Å². The number of nitrogens with zero attached hydrogens (tertiary/aromatic N) is 1. The standard InChI is InChI=1S/C32H39NO3S/c1-4-5-6-7-8-9-10-11-15-26-24-30-28(29-16-12-13-19-32(29)36-3)17-14-18-31(30)33(26)37(34,35)27-22-20-25(2)21-23-27/h12-14,16-24H,4-11,15H2,1-3H3. The number of fused-ring (bicyclic) bond motifs is 1. The molecule has 0 aliphatic carbocycles. The van der Waals surface area contributed by atoms with Gasteiger partial charge in [0.25, 0.3) is 10.0 Å². The predicted molar refractivity (Wildman–Crippen MR) is 154 cm³/mol. The molecule has 0 radical (unpaired) electrons. The van der Waals surface area contributed by atoms with Crippen molar-refractivity contribution in [2.45, 2.75) is 76.5 Å². The first-order valence-corrected chi connectivity index (χ1v) is 15.0. The first-order valence-electron chi connectivity index (χ1n) is 13.6. The first-order chi connectivity index (χ1) is 18.0. The smallest absolute Gasteiger partial charge is 0.268 e. The summed E-state index contributed by atoms with van der Waals surface area (Å²) in [5.41, 5.74) is 4.51. The summed E-state index contributed by atoms with van der Waals surface area (Å²) in [6.45, 7) is 4.21. The lowest BCUT2D eigenvalue weighted by molar-refractivity contribution is 0.416. The monoisotopic (exact) mass is 517 g/mol. The summed E-state index contributed by atoms with van der Waals surface area (Å²) in [4.78, 5) is 0.315. The molecule has 5 heteroatoms. The Labute approximate surface area is 222 Å². The Balaban J connectivity index is 1.73. The summed E-state index contributed by atoms with van der Waals surface area (Å²) in [6.07, 6.45) is 10.4. The zero-order valence-corrected chi connectivity index (χ0v) is 23.2. The van der Waals surface area contributed by atoms with Crippen molar-refractivity contribution in [1.29, 1.82) is 0 Å². The zero-order chi connectivity index (χ0) is 26.3. The third-order valence-electron chi connectivity index (χ3n) is 7.12. The maximum atomic E-state index is 14.0. The van der Waals surface area contributed by atoms with Gasteiger partial charge in [0.2, 0.25) is 0 Å². The van der Waals surface area contributed by atoms with Crippen LogP contribution in [0.15, 0.2) is 77.7 Å². The molecule has 0 aliphatic rings. The topological polar surface area (TPSA) is 48.3 Å². The van der Waals surface area contributed by atoms with Crippen LogP contribution < -0.4 is 4.74 Å². The van der Waals surface area contributed by atoms with Gasteiger partial charge >= 0.3 is 0 Å². The lowest BCUT2D eigenvalue weighted by atomic mass is 10.0. The first kappa shape index (κ1) is 27.0. The van der Waals surface area contributed by atoms with Crippen LogP contribution in [0.1, 0.15) is 69.5 Å². The summed E-state index contributed by atoms with van der Waals surface area (Å²) >= 11 is 0. The van der Waals surface area contributed by atoms with E-state index in [-0.39, 0.29) is 0 Å². The van der Waals surface area contributed by atoms with Crippen molar-refractivity contribution in [3.8, 4) is 16.9 Å². The van der Waals surface area contributed by atoms with E-state index < -0.39 is 10.0 Å². The second-order valence-electron chi connectivity index (χ2n) is 9.88. The van der Waals surface area contributed by atoms with E-state index in [1.54, 1.807) is 23.2 Å². The summed E-state index contributed by atoms with van der Waals surface area (Å²) in [5.74, 6) is 0.772. The minimum absolute atomic E-state index is 0.315. The Morgan fingerprint density at radius 2 is 1.41 bits per heavy atom. The van der Waals surface area contributed by atoms with Gasteiger partial charge in [-0.15, -0.1) is 0 Å². The Kier molecular flexibility index (Phi) is 9.09. The van der Waals surface area contributed by atoms with Crippen LogP contribution in [0.5, 0.6) is 5.75 Å². The Hall–Kier alpha value is -3.05. The number of methoxy groups -OCH3 is 1. The van der Waals surface area contributed by atoms with E-state index in [1.807, 2.05) is 61.5 Å². The molecule has 4 aromatic rings. The molecule has 3 aromatic carbocycles. The summed E-state index contributed by atoms with van der Waals surface area (Å²) in [6, 6.07) is 23.0. The molecule has 0 amide bonds. The van der Waals surface area contributed by atoms with Crippen LogP contribution in [-0.4, -0.2) is 19.5 Å². The lowest BCUT2D eigenvalue weighted by Crippen LogP contribution is -2.15. The van der Waals surface area contributed by atoms with Crippen LogP contribution in [0.25, 0.3) is 22.0 Å². The normalized spacial score (nSPS) is 11.8. The second kappa shape index (κ2) is 12.5. The quantitative estimate of drug-likeness (QED) is 0.167. The molecule has 37 heavy (non-hydrogen) atoms. The molecule has 0 unspecified atom stereocenters. The minimum Gasteiger partial charge on any atom is -0.496 e. The van der Waals surface area contributed by atoms with Crippen molar-refractivity contribution in [3.05, 3.63) is 84.1 Å². The molecule has 0 saturated heterocycles. The molecule has 1 aromatic heterocycles. The molecule has 0 spiro atoms. The molecular formula is C32H39NO3S. The van der Waals surface area contributed by atoms with E-state index in [9.17, 15) is 8.42 Å². The molecule has 0 fully saturated rings. The van der Waals surface area contributed by atoms with Crippen LogP contribution in [-0.2, 0) is 16.4 Å². The van der Waals surface area contributed by atoms with E-state index in [4.69, 9.17) is 4.74 Å². The SMILES string of the molecule is CCCCCCCCCCc1cc2c(-c3ccccc3OC)cccc2n1S(=O)(=O)c1ccc(C)cc1. The number of ether oxygens (including phenoxy) is 1. The van der Waals surface area contributed by atoms with Gasteiger partial charge in [-0.3, -0.25) is 0 Å². The highest BCUT2D eigenvalue weighted by Crippen LogP contribution is 2.38. The van der Waals surface area contributed by atoms with Crippen LogP contribution in [0.2, 0.25) is 0 Å². The van der Waals surface area contributed by atoms with E-state index in [1.165, 1.54) is 38.5 Å². The van der Waals surface area contributed by atoms with Crippen molar-refractivity contribution in [2.75, 3.05) is 7.11 Å². The summed E-state index contributed by atoms with van der Waals surface area (Å²) in [7, 11) is -2.09. The van der Waals surface area contributed by atoms with Crippen LogP contribution in [0.3, 0.4) is 0 Å². The highest BCUT2D eigenvalue weighted by atomic mass is 32.2. The second-order valence-corrected chi connectivity index (χ2v) is 11.7. The fourth-order valence-corrected chi connectivity index (χ4v) is 6.64. The van der Waals surface area contributed by atoms with Gasteiger partial charge in [0, 0.05) is 16.6 Å². The maximum absolute atomic E-state index is 14.0. The fraction of sp³-hybridized carbons (Fsp3) is 0.375. The zero-order valence-electron chi connectivity index (χ0n) is 22.4. The van der Waals surface area contributed by atoms with E-state index in [0.717, 1.165) is 52.8 Å². The van der Waals surface area contributed by atoms with Gasteiger partial charge in [-0.05, 0) is 55.7 Å². The summed E-state index contributed by atoms with van der Waals surface area (Å²) in [5, 5.41) is 0.928. The van der Waals surface area contributed by atoms with Gasteiger partial charge < -0.3 is 4.74 Å². The number of aromatic nitrogens is 1. The Morgan fingerprint density at radius 3 is 2.11 bits per heavy atom. The Bertz CT molecular complexity index is 1420. The van der Waals surface area contributed by atoms with Crippen molar-refractivity contribution < 1.29 is 13.2 Å². The van der Waals surface area contributed by atoms with Gasteiger partial charge in [0.15, 0.2) is 0 Å². The van der Waals surface area contributed by atoms with E-state index >= 15 is 0 Å². The average molecular weight is 518 g/mol. The molecule has 0 aliphatic heterocycles. The number of aryl methyl sites for hydroxylation is 2. The fourth-order valence-electron chi connectivity index (χ4n) is 5.08. The molecule has 4 nitrogen and oxygen atoms in total. The van der Waals surface area contributed by atoms with Crippen molar-refractivity contribution in [1.82, 2.24) is 3.97 Å². The minimum atomic E-state index is -3.76. The highest BCUT2D eigenvalue weighted by Gasteiger charge is 2.24. The lowest BCUT2D eigenvalue weighted by Gasteiger charge is -2.13. The summed E-state index contributed by atoms with van der Waals surface area (Å²) < 4.78 is 35.2. The van der Waals surface area contributed by atoms with E-state index in [2.05, 4.69) is 13.0 Å². The van der Waals surface area contributed by atoms with Crippen molar-refractivity contribution >= 4 is 20.9 Å². The van der Waals surface area contributed by atoms with Gasteiger partial charge in [0.05, 0.1) is 17.5 Å². The van der Waals surface area contributed by atoms with Crippen LogP contribution >= 0.6 is 0 Å². The molecule has 0 N–H and O–H groups in total. The van der Waals surface area contributed by atoms with Crippen molar-refractivity contribution in [2.24, 2.45) is 0 Å². The largest absolute Gasteiger partial charge is 0.496 e. The molecule has 4 rings (SSSR count). The number of benzene rings is 3. The molecule has 196 valence electrons. The third kappa shape index (κ3) is 6.10.